The first kappa shape index (κ1) is 23.2. The van der Waals surface area contributed by atoms with Gasteiger partial charge < -0.3 is 4.57 Å². The minimum atomic E-state index is -0.444. The molecule has 0 N–H and O–H groups in total. The van der Waals surface area contributed by atoms with Gasteiger partial charge in [-0.05, 0) is 48.0 Å². The number of nitrogens with zero attached hydrogens (tertiary/aromatic N) is 3. The van der Waals surface area contributed by atoms with Crippen molar-refractivity contribution in [2.75, 3.05) is 0 Å². The lowest BCUT2D eigenvalue weighted by Gasteiger charge is -2.40. The molecule has 35 heavy (non-hydrogen) atoms. The maximum Gasteiger partial charge on any atom is 0.271 e. The number of imidazole rings is 1. The van der Waals surface area contributed by atoms with E-state index in [9.17, 15) is 19.7 Å². The Bertz CT molecular complexity index is 1330. The number of thioether (sulfide) groups is 1. The lowest BCUT2D eigenvalue weighted by molar-refractivity contribution is -0.384. The molecule has 4 fully saturated rings. The van der Waals surface area contributed by atoms with Crippen LogP contribution in [0.5, 0.6) is 0 Å². The highest BCUT2D eigenvalue weighted by Crippen LogP contribution is 2.70. The van der Waals surface area contributed by atoms with Gasteiger partial charge in [-0.3, -0.25) is 19.7 Å². The fourth-order valence-corrected chi connectivity index (χ4v) is 9.86. The van der Waals surface area contributed by atoms with E-state index < -0.39 is 11.0 Å². The number of nitro benzene ring substituents is 1. The van der Waals surface area contributed by atoms with Crippen LogP contribution in [0.2, 0.25) is 0 Å². The highest BCUT2D eigenvalue weighted by atomic mass is 32.2. The Balaban J connectivity index is 1.54. The molecular weight excluding hydrogens is 462 g/mol. The summed E-state index contributed by atoms with van der Waals surface area (Å²) < 4.78 is 1.98. The molecule has 1 heterocycles. The quantitative estimate of drug-likeness (QED) is 0.381. The number of rotatable bonds is 4. The highest BCUT2D eigenvalue weighted by molar-refractivity contribution is 8.00. The molecule has 8 heteroatoms. The third-order valence-corrected chi connectivity index (χ3v) is 12.8. The lowest BCUT2D eigenvalue weighted by Crippen LogP contribution is -2.37. The largest absolute Gasteiger partial charge is 0.307 e. The van der Waals surface area contributed by atoms with E-state index in [-0.39, 0.29) is 56.0 Å². The van der Waals surface area contributed by atoms with Gasteiger partial charge in [0.15, 0.2) is 10.9 Å². The average molecular weight is 496 g/mol. The third kappa shape index (κ3) is 2.57. The molecule has 186 valence electrons. The molecule has 7 nitrogen and oxygen atoms in total. The number of carbonyl (C=O) groups is 2. The number of aromatic nitrogens is 2. The van der Waals surface area contributed by atoms with Gasteiger partial charge in [0, 0.05) is 29.4 Å². The van der Waals surface area contributed by atoms with Crippen molar-refractivity contribution in [2.45, 2.75) is 83.7 Å². The van der Waals surface area contributed by atoms with Crippen molar-refractivity contribution in [1.29, 1.82) is 0 Å². The first-order valence-corrected chi connectivity index (χ1v) is 13.5. The molecule has 0 spiro atoms. The zero-order valence-electron chi connectivity index (χ0n) is 21.3. The normalized spacial score (nSPS) is 38.7. The van der Waals surface area contributed by atoms with E-state index in [1.807, 2.05) is 4.57 Å². The smallest absolute Gasteiger partial charge is 0.271 e. The van der Waals surface area contributed by atoms with Gasteiger partial charge >= 0.3 is 0 Å². The van der Waals surface area contributed by atoms with Crippen LogP contribution in [0.25, 0.3) is 11.0 Å². The topological polar surface area (TPSA) is 95.1 Å². The minimum Gasteiger partial charge on any atom is -0.307 e. The Labute approximate surface area is 209 Å². The molecule has 0 radical (unpaired) electrons. The molecule has 1 aromatic heterocycles. The Morgan fingerprint density at radius 2 is 1.57 bits per heavy atom. The Hall–Kier alpha value is -2.22. The van der Waals surface area contributed by atoms with Crippen molar-refractivity contribution in [3.05, 3.63) is 28.3 Å². The zero-order chi connectivity index (χ0) is 25.3. The number of nitro groups is 1. The molecule has 6 atom stereocenters. The summed E-state index contributed by atoms with van der Waals surface area (Å²) in [5.74, 6) is 0.489. The summed E-state index contributed by atoms with van der Waals surface area (Å²) in [6.45, 7) is 13.2. The van der Waals surface area contributed by atoms with Crippen molar-refractivity contribution in [3.63, 3.8) is 0 Å². The molecule has 6 rings (SSSR count). The van der Waals surface area contributed by atoms with Gasteiger partial charge in [-0.25, -0.2) is 4.98 Å². The molecular formula is C27H33N3O4S. The Morgan fingerprint density at radius 3 is 2.11 bits per heavy atom. The molecule has 1 aromatic carbocycles. The Kier molecular flexibility index (Phi) is 4.47. The van der Waals surface area contributed by atoms with Crippen LogP contribution in [0.1, 0.15) is 73.3 Å². The van der Waals surface area contributed by atoms with E-state index in [0.717, 1.165) is 25.7 Å². The molecule has 4 aliphatic rings. The van der Waals surface area contributed by atoms with Crippen LogP contribution >= 0.6 is 11.8 Å². The molecule has 0 amide bonds. The summed E-state index contributed by atoms with van der Waals surface area (Å²) in [5.41, 5.74) is 0.525. The van der Waals surface area contributed by atoms with Gasteiger partial charge in [0.25, 0.3) is 5.69 Å². The summed E-state index contributed by atoms with van der Waals surface area (Å²) >= 11 is 1.49. The van der Waals surface area contributed by atoms with Gasteiger partial charge in [-0.15, -0.1) is 0 Å². The van der Waals surface area contributed by atoms with E-state index in [0.29, 0.717) is 16.2 Å². The van der Waals surface area contributed by atoms with E-state index in [2.05, 4.69) is 41.5 Å². The van der Waals surface area contributed by atoms with Crippen molar-refractivity contribution >= 4 is 40.0 Å². The fourth-order valence-electron chi connectivity index (χ4n) is 8.22. The zero-order valence-corrected chi connectivity index (χ0v) is 22.1. The van der Waals surface area contributed by atoms with Gasteiger partial charge in [0.2, 0.25) is 0 Å². The number of carbonyl (C=O) groups excluding carboxylic acids is 2. The van der Waals surface area contributed by atoms with Gasteiger partial charge in [0.05, 0.1) is 21.2 Å². The second kappa shape index (κ2) is 6.75. The van der Waals surface area contributed by atoms with Crippen LogP contribution in [-0.4, -0.2) is 31.3 Å². The number of hydrogen-bond acceptors (Lipinski definition) is 6. The number of benzene rings is 1. The van der Waals surface area contributed by atoms with Crippen molar-refractivity contribution < 1.29 is 14.5 Å². The summed E-state index contributed by atoms with van der Waals surface area (Å²) in [6, 6.07) is 4.25. The number of ketones is 2. The van der Waals surface area contributed by atoms with Crippen LogP contribution in [0.4, 0.5) is 5.69 Å². The van der Waals surface area contributed by atoms with Gasteiger partial charge in [-0.2, -0.15) is 0 Å². The molecule has 0 aliphatic heterocycles. The maximum atomic E-state index is 13.8. The van der Waals surface area contributed by atoms with Crippen molar-refractivity contribution in [2.24, 2.45) is 33.5 Å². The number of hydrogen-bond donors (Lipinski definition) is 0. The maximum absolute atomic E-state index is 13.8. The van der Waals surface area contributed by atoms with E-state index in [1.54, 1.807) is 12.1 Å². The Morgan fingerprint density at radius 1 is 0.971 bits per heavy atom. The van der Waals surface area contributed by atoms with E-state index in [1.165, 1.54) is 17.8 Å². The number of fused-ring (bicyclic) bond motifs is 5. The third-order valence-electron chi connectivity index (χ3n) is 11.3. The van der Waals surface area contributed by atoms with Gasteiger partial charge in [-0.1, -0.05) is 53.3 Å². The molecule has 4 bridgehead atoms. The summed E-state index contributed by atoms with van der Waals surface area (Å²) in [7, 11) is 0. The predicted octanol–water partition coefficient (Wildman–Crippen LogP) is 6.00. The van der Waals surface area contributed by atoms with Crippen LogP contribution in [0.3, 0.4) is 0 Å². The summed E-state index contributed by atoms with van der Waals surface area (Å²) in [4.78, 5) is 43.5. The van der Waals surface area contributed by atoms with Crippen molar-refractivity contribution in [3.8, 4) is 0 Å². The molecule has 0 saturated heterocycles. The van der Waals surface area contributed by atoms with E-state index >= 15 is 0 Å². The highest BCUT2D eigenvalue weighted by Gasteiger charge is 2.69. The molecule has 4 saturated carbocycles. The molecule has 0 unspecified atom stereocenters. The second-order valence-electron chi connectivity index (χ2n) is 12.9. The number of non-ortho nitro benzene ring substituents is 1. The summed E-state index contributed by atoms with van der Waals surface area (Å²) in [6.07, 6.45) is 3.73. The first-order chi connectivity index (χ1) is 16.3. The molecule has 4 aliphatic carbocycles. The van der Waals surface area contributed by atoms with Crippen LogP contribution in [0, 0.1) is 43.6 Å². The van der Waals surface area contributed by atoms with Crippen LogP contribution < -0.4 is 0 Å². The monoisotopic (exact) mass is 495 g/mol. The first-order valence-electron chi connectivity index (χ1n) is 12.7. The fraction of sp³-hybridized carbons (Fsp3) is 0.667. The van der Waals surface area contributed by atoms with Crippen LogP contribution in [0.15, 0.2) is 23.4 Å². The van der Waals surface area contributed by atoms with Gasteiger partial charge in [0.1, 0.15) is 11.8 Å². The average Bonchev–Trinajstić information content (AvgIpc) is 3.40. The standard InChI is InChI=1S/C27H33N3O4S/c1-24(2)15-9-11-26(24,5)21(19(15)31)29-18-13-14(30(33)34)7-8-17(18)28-23(29)35-22-20(32)16-10-12-27(22,6)25(16,3)4/h7-8,13,15-16,21-22H,9-12H2,1-6H3/t15-,16-,21+,22+,26+,27-/m0/s1. The van der Waals surface area contributed by atoms with Crippen molar-refractivity contribution in [1.82, 2.24) is 9.55 Å². The SMILES string of the molecule is CC1(C)[C@H]2CC[C@@]1(C)[C@H](Sc1nc3ccc([N+](=O)[O-])cc3n1[C@@H]1C(=O)[C@@H]3CC[C@@]1(C)C3(C)C)C2=O. The molecule has 2 aromatic rings. The van der Waals surface area contributed by atoms with E-state index in [4.69, 9.17) is 4.98 Å². The lowest BCUT2D eigenvalue weighted by atomic mass is 9.69. The predicted molar refractivity (Wildman–Crippen MR) is 134 cm³/mol. The minimum absolute atomic E-state index is 0.0145. The second-order valence-corrected chi connectivity index (χ2v) is 13.9. The number of Topliss-reactive ketones (excluding diaryl/α,β-unsaturated/α-hetero) is 2. The van der Waals surface area contributed by atoms with Crippen LogP contribution in [-0.2, 0) is 9.59 Å². The summed E-state index contributed by atoms with van der Waals surface area (Å²) in [5, 5.41) is 12.0.